The van der Waals surface area contributed by atoms with Gasteiger partial charge in [0.15, 0.2) is 0 Å². The molecular weight excluding hydrogens is 449 g/mol. The highest BCUT2D eigenvalue weighted by Crippen LogP contribution is 2.19. The molecule has 4 N–H and O–H groups in total. The molecule has 1 aliphatic carbocycles. The average molecular weight is 483 g/mol. The topological polar surface area (TPSA) is 145 Å². The fraction of sp³-hybridized carbons (Fsp3) is 0.542. The first-order valence-corrected chi connectivity index (χ1v) is 12.3. The molecule has 2 aliphatic rings. The first-order valence-electron chi connectivity index (χ1n) is 12.3. The number of piperidine rings is 1. The molecule has 10 nitrogen and oxygen atoms in total. The van der Waals surface area contributed by atoms with Gasteiger partial charge in [-0.25, -0.2) is 4.98 Å². The van der Waals surface area contributed by atoms with Gasteiger partial charge in [-0.15, -0.1) is 0 Å². The maximum atomic E-state index is 13.1. The molecule has 1 aromatic heterocycles. The van der Waals surface area contributed by atoms with Gasteiger partial charge in [-0.3, -0.25) is 19.4 Å². The van der Waals surface area contributed by atoms with Gasteiger partial charge < -0.3 is 25.6 Å². The van der Waals surface area contributed by atoms with Crippen LogP contribution in [0.2, 0.25) is 0 Å². The van der Waals surface area contributed by atoms with Crippen molar-refractivity contribution in [2.75, 3.05) is 13.1 Å². The van der Waals surface area contributed by atoms with Crippen molar-refractivity contribution in [3.63, 3.8) is 0 Å². The minimum Gasteiger partial charge on any atom is -0.426 e. The molecule has 3 rings (SSSR count). The van der Waals surface area contributed by atoms with E-state index in [2.05, 4.69) is 32.8 Å². The smallest absolute Gasteiger partial charge is 0.426 e. The maximum Gasteiger partial charge on any atom is 0.475 e. The average Bonchev–Trinajstić information content (AvgIpc) is 2.89. The molecule has 0 radical (unpaired) electrons. The summed E-state index contributed by atoms with van der Waals surface area (Å²) < 4.78 is 0. The molecule has 0 aromatic carbocycles. The van der Waals surface area contributed by atoms with Gasteiger partial charge in [0.2, 0.25) is 11.8 Å². The number of hydrogen-bond acceptors (Lipinski definition) is 7. The normalized spacial score (nSPS) is 17.2. The highest BCUT2D eigenvalue weighted by Gasteiger charge is 2.32. The third-order valence-corrected chi connectivity index (χ3v) is 6.31. The molecule has 11 heteroatoms. The SMILES string of the molecule is O=C(N[C@H](CC(=O)N1CCCCC1)C(=O)N[C@@H](CCCC1=CC=CCC1)B(O)O)c1cnccn1. The number of carbonyl (C=O) groups excluding carboxylic acids is 3. The summed E-state index contributed by atoms with van der Waals surface area (Å²) >= 11 is 0. The van der Waals surface area contributed by atoms with Crippen LogP contribution in [0.25, 0.3) is 0 Å². The summed E-state index contributed by atoms with van der Waals surface area (Å²) in [6.07, 6.45) is 16.6. The van der Waals surface area contributed by atoms with E-state index in [0.717, 1.165) is 38.5 Å². The van der Waals surface area contributed by atoms with Crippen molar-refractivity contribution in [2.45, 2.75) is 69.8 Å². The minimum atomic E-state index is -1.77. The molecule has 1 aromatic rings. The Morgan fingerprint density at radius 1 is 1.11 bits per heavy atom. The number of nitrogens with one attached hydrogen (secondary N) is 2. The second kappa shape index (κ2) is 13.7. The zero-order valence-corrected chi connectivity index (χ0v) is 19.9. The molecule has 0 unspecified atom stereocenters. The second-order valence-electron chi connectivity index (χ2n) is 8.97. The molecule has 1 fully saturated rings. The van der Waals surface area contributed by atoms with E-state index < -0.39 is 30.9 Å². The molecule has 188 valence electrons. The van der Waals surface area contributed by atoms with Gasteiger partial charge in [0.1, 0.15) is 11.7 Å². The van der Waals surface area contributed by atoms with E-state index in [1.54, 1.807) is 4.90 Å². The highest BCUT2D eigenvalue weighted by atomic mass is 16.4. The van der Waals surface area contributed by atoms with Gasteiger partial charge in [-0.1, -0.05) is 23.8 Å². The summed E-state index contributed by atoms with van der Waals surface area (Å²) in [5.41, 5.74) is 1.30. The van der Waals surface area contributed by atoms with Crippen molar-refractivity contribution in [3.8, 4) is 0 Å². The Morgan fingerprint density at radius 3 is 2.57 bits per heavy atom. The van der Waals surface area contributed by atoms with E-state index in [9.17, 15) is 24.4 Å². The predicted octanol–water partition coefficient (Wildman–Crippen LogP) is 0.921. The summed E-state index contributed by atoms with van der Waals surface area (Å²) in [5.74, 6) is -2.44. The van der Waals surface area contributed by atoms with Crippen LogP contribution in [-0.2, 0) is 9.59 Å². The Balaban J connectivity index is 1.64. The lowest BCUT2D eigenvalue weighted by Gasteiger charge is -2.29. The number of rotatable bonds is 11. The van der Waals surface area contributed by atoms with Crippen LogP contribution < -0.4 is 10.6 Å². The fourth-order valence-electron chi connectivity index (χ4n) is 4.29. The van der Waals surface area contributed by atoms with Crippen molar-refractivity contribution >= 4 is 24.8 Å². The Hall–Kier alpha value is -3.05. The fourth-order valence-corrected chi connectivity index (χ4v) is 4.29. The van der Waals surface area contributed by atoms with Gasteiger partial charge in [0.25, 0.3) is 5.91 Å². The summed E-state index contributed by atoms with van der Waals surface area (Å²) in [4.78, 5) is 48.1. The number of carbonyl (C=O) groups is 3. The molecule has 3 amide bonds. The van der Waals surface area contributed by atoms with E-state index >= 15 is 0 Å². The van der Waals surface area contributed by atoms with Crippen molar-refractivity contribution in [1.82, 2.24) is 25.5 Å². The first-order chi connectivity index (χ1) is 16.9. The van der Waals surface area contributed by atoms with Crippen molar-refractivity contribution < 1.29 is 24.4 Å². The summed E-state index contributed by atoms with van der Waals surface area (Å²) in [6, 6.07) is -1.19. The van der Waals surface area contributed by atoms with E-state index in [1.165, 1.54) is 24.2 Å². The van der Waals surface area contributed by atoms with Gasteiger partial charge >= 0.3 is 7.12 Å². The Labute approximate surface area is 206 Å². The lowest BCUT2D eigenvalue weighted by molar-refractivity contribution is -0.135. The minimum absolute atomic E-state index is 0.0178. The number of hydrogen-bond donors (Lipinski definition) is 4. The lowest BCUT2D eigenvalue weighted by atomic mass is 9.76. The number of amides is 3. The molecule has 1 saturated heterocycles. The number of aromatic nitrogens is 2. The lowest BCUT2D eigenvalue weighted by Crippen LogP contribution is -2.55. The van der Waals surface area contributed by atoms with Crippen LogP contribution in [0.1, 0.15) is 68.3 Å². The third kappa shape index (κ3) is 8.59. The maximum absolute atomic E-state index is 13.1. The van der Waals surface area contributed by atoms with E-state index in [1.807, 2.05) is 6.08 Å². The molecule has 2 atom stereocenters. The standard InChI is InChI=1S/C24H34BN5O5/c31-22(30-14-5-2-6-15-30)16-19(28-24(33)20-17-26-12-13-27-20)23(32)29-21(25(34)35)11-7-10-18-8-3-1-4-9-18/h1,3,8,12-13,17,19,21,34-35H,2,4-7,9-11,14-16H2,(H,28,33)(H,29,32)/t19-,21+/m1/s1. The number of nitrogens with zero attached hydrogens (tertiary/aromatic N) is 3. The second-order valence-corrected chi connectivity index (χ2v) is 8.97. The molecule has 2 heterocycles. The molecule has 35 heavy (non-hydrogen) atoms. The summed E-state index contributed by atoms with van der Waals surface area (Å²) in [6.45, 7) is 1.24. The Kier molecular flexibility index (Phi) is 10.4. The predicted molar refractivity (Wildman–Crippen MR) is 131 cm³/mol. The zero-order valence-electron chi connectivity index (χ0n) is 19.9. The zero-order chi connectivity index (χ0) is 25.0. The molecule has 0 spiro atoms. The van der Waals surface area contributed by atoms with E-state index in [0.29, 0.717) is 25.9 Å². The van der Waals surface area contributed by atoms with Crippen LogP contribution in [0.5, 0.6) is 0 Å². The van der Waals surface area contributed by atoms with E-state index in [-0.39, 0.29) is 18.0 Å². The van der Waals surface area contributed by atoms with Crippen molar-refractivity contribution in [2.24, 2.45) is 0 Å². The van der Waals surface area contributed by atoms with Gasteiger partial charge in [0.05, 0.1) is 18.6 Å². The van der Waals surface area contributed by atoms with Gasteiger partial charge in [-0.2, -0.15) is 0 Å². The quantitative estimate of drug-likeness (QED) is 0.343. The van der Waals surface area contributed by atoms with Crippen LogP contribution in [0, 0.1) is 0 Å². The van der Waals surface area contributed by atoms with Crippen molar-refractivity contribution in [3.05, 3.63) is 48.1 Å². The van der Waals surface area contributed by atoms with Crippen LogP contribution >= 0.6 is 0 Å². The Morgan fingerprint density at radius 2 is 1.91 bits per heavy atom. The van der Waals surface area contributed by atoms with E-state index in [4.69, 9.17) is 0 Å². The summed E-state index contributed by atoms with van der Waals surface area (Å²) in [5, 5.41) is 24.9. The summed E-state index contributed by atoms with van der Waals surface area (Å²) in [7, 11) is -1.77. The molecular formula is C24H34BN5O5. The highest BCUT2D eigenvalue weighted by molar-refractivity contribution is 6.43. The van der Waals surface area contributed by atoms with Crippen molar-refractivity contribution in [1.29, 1.82) is 0 Å². The third-order valence-electron chi connectivity index (χ3n) is 6.31. The number of allylic oxidation sites excluding steroid dienone is 4. The van der Waals surface area contributed by atoms with Crippen LogP contribution in [0.3, 0.4) is 0 Å². The van der Waals surface area contributed by atoms with Gasteiger partial charge in [0, 0.05) is 25.5 Å². The first kappa shape index (κ1) is 26.6. The Bertz CT molecular complexity index is 918. The molecule has 0 bridgehead atoms. The number of likely N-dealkylation sites (tertiary alicyclic amines) is 1. The van der Waals surface area contributed by atoms with Crippen LogP contribution in [-0.4, -0.2) is 74.8 Å². The van der Waals surface area contributed by atoms with Crippen LogP contribution in [0.15, 0.2) is 42.4 Å². The molecule has 0 saturated carbocycles. The van der Waals surface area contributed by atoms with Crippen LogP contribution in [0.4, 0.5) is 0 Å². The van der Waals surface area contributed by atoms with Gasteiger partial charge in [-0.05, 0) is 51.4 Å². The largest absolute Gasteiger partial charge is 0.475 e. The molecule has 1 aliphatic heterocycles. The monoisotopic (exact) mass is 483 g/mol.